The summed E-state index contributed by atoms with van der Waals surface area (Å²) >= 11 is 0. The quantitative estimate of drug-likeness (QED) is 0.561. The summed E-state index contributed by atoms with van der Waals surface area (Å²) < 4.78 is 0. The van der Waals surface area contributed by atoms with Crippen molar-refractivity contribution < 1.29 is 19.8 Å². The van der Waals surface area contributed by atoms with Crippen molar-refractivity contribution in [2.45, 2.75) is 71.3 Å². The highest BCUT2D eigenvalue weighted by Crippen LogP contribution is 2.67. The molecule has 5 heteroatoms. The Morgan fingerprint density at radius 2 is 1.81 bits per heavy atom. The number of Topliss-reactive ketones (excluding diaryl/α,β-unsaturated/α-hetero) is 1. The van der Waals surface area contributed by atoms with Gasteiger partial charge in [-0.2, -0.15) is 0 Å². The molecule has 1 aromatic carbocycles. The number of carboxylic acid groups (broad SMARTS) is 1. The number of carbonyl (C=O) groups is 2. The molecular weight excluding hydrogens is 402 g/mol. The second-order valence-electron chi connectivity index (χ2n) is 11.4. The molecule has 3 aliphatic carbocycles. The molecule has 0 unspecified atom stereocenters. The average molecular weight is 438 g/mol. The topological polar surface area (TPSA) is 86.6 Å². The van der Waals surface area contributed by atoms with E-state index in [9.17, 15) is 19.8 Å². The van der Waals surface area contributed by atoms with Gasteiger partial charge < -0.3 is 15.5 Å². The van der Waals surface area contributed by atoms with Crippen molar-refractivity contribution in [1.82, 2.24) is 0 Å². The van der Waals surface area contributed by atoms with E-state index in [1.54, 1.807) is 0 Å². The van der Waals surface area contributed by atoms with Crippen molar-refractivity contribution in [1.29, 1.82) is 0 Å². The second-order valence-corrected chi connectivity index (χ2v) is 11.4. The number of aliphatic carboxylic acids is 1. The van der Waals surface area contributed by atoms with Gasteiger partial charge in [0.25, 0.3) is 0 Å². The van der Waals surface area contributed by atoms with Crippen molar-refractivity contribution >= 4 is 17.4 Å². The predicted octanol–water partition coefficient (Wildman–Crippen LogP) is 5.26. The smallest absolute Gasteiger partial charge is 0.303 e. The van der Waals surface area contributed by atoms with Gasteiger partial charge in [0.05, 0.1) is 11.3 Å². The second kappa shape index (κ2) is 7.18. The molecule has 3 N–H and O–H groups in total. The molecule has 32 heavy (non-hydrogen) atoms. The number of carboxylic acids is 1. The molecule has 0 bridgehead atoms. The monoisotopic (exact) mass is 437 g/mol. The van der Waals surface area contributed by atoms with Crippen LogP contribution in [0.25, 0.3) is 0 Å². The number of ketones is 1. The number of benzene rings is 1. The normalized spacial score (nSPS) is 44.0. The lowest BCUT2D eigenvalue weighted by Crippen LogP contribution is -2.54. The summed E-state index contributed by atoms with van der Waals surface area (Å²) in [4.78, 5) is 24.9. The van der Waals surface area contributed by atoms with Crippen molar-refractivity contribution in [2.75, 3.05) is 5.32 Å². The van der Waals surface area contributed by atoms with E-state index in [0.29, 0.717) is 29.0 Å². The van der Waals surface area contributed by atoms with Crippen molar-refractivity contribution in [2.24, 2.45) is 34.5 Å². The van der Waals surface area contributed by atoms with Gasteiger partial charge in [0.1, 0.15) is 0 Å². The fourth-order valence-electron chi connectivity index (χ4n) is 8.02. The number of aliphatic hydroxyl groups is 1. The summed E-state index contributed by atoms with van der Waals surface area (Å²) in [5.41, 5.74) is 1.01. The van der Waals surface area contributed by atoms with Gasteiger partial charge in [0.15, 0.2) is 0 Å². The van der Waals surface area contributed by atoms with Gasteiger partial charge in [-0.1, -0.05) is 32.1 Å². The largest absolute Gasteiger partial charge is 0.481 e. The molecule has 4 aliphatic rings. The lowest BCUT2D eigenvalue weighted by atomic mass is 9.46. The molecular formula is C27H35NO4. The van der Waals surface area contributed by atoms with E-state index < -0.39 is 11.6 Å². The summed E-state index contributed by atoms with van der Waals surface area (Å²) in [5.74, 6) is 0.452. The molecule has 1 heterocycles. The minimum Gasteiger partial charge on any atom is -0.481 e. The van der Waals surface area contributed by atoms with Crippen LogP contribution in [0.4, 0.5) is 5.69 Å². The van der Waals surface area contributed by atoms with Crippen molar-refractivity contribution in [3.63, 3.8) is 0 Å². The zero-order valence-corrected chi connectivity index (χ0v) is 19.4. The van der Waals surface area contributed by atoms with Gasteiger partial charge in [0, 0.05) is 17.7 Å². The van der Waals surface area contributed by atoms with Crippen LogP contribution >= 0.6 is 0 Å². The van der Waals surface area contributed by atoms with Crippen LogP contribution in [0, 0.1) is 34.5 Å². The Labute approximate surface area is 190 Å². The molecule has 1 aromatic rings. The molecule has 5 rings (SSSR count). The third-order valence-electron chi connectivity index (χ3n) is 10.1. The van der Waals surface area contributed by atoms with Crippen molar-refractivity contribution in [3.8, 4) is 0 Å². The van der Waals surface area contributed by atoms with E-state index >= 15 is 0 Å². The number of hydrogen-bond acceptors (Lipinski definition) is 4. The Hall–Kier alpha value is -2.14. The molecule has 1 aliphatic heterocycles. The Morgan fingerprint density at radius 1 is 1.09 bits per heavy atom. The number of nitrogens with one attached hydrogen (secondary N) is 1. The first-order valence-corrected chi connectivity index (χ1v) is 12.1. The minimum atomic E-state index is -0.767. The predicted molar refractivity (Wildman–Crippen MR) is 123 cm³/mol. The van der Waals surface area contributed by atoms with E-state index in [0.717, 1.165) is 44.2 Å². The Kier molecular flexibility index (Phi) is 4.87. The zero-order chi connectivity index (χ0) is 22.9. The molecule has 0 spiro atoms. The molecule has 0 amide bonds. The van der Waals surface area contributed by atoms with Crippen LogP contribution in [-0.4, -0.2) is 27.6 Å². The number of anilines is 1. The maximum Gasteiger partial charge on any atom is 0.303 e. The van der Waals surface area contributed by atoms with Crippen molar-refractivity contribution in [3.05, 3.63) is 41.6 Å². The average Bonchev–Trinajstić information content (AvgIpc) is 3.17. The maximum atomic E-state index is 13.1. The summed E-state index contributed by atoms with van der Waals surface area (Å²) in [6.45, 7) is 6.46. The summed E-state index contributed by atoms with van der Waals surface area (Å²) in [5, 5.41) is 24.2. The molecule has 172 valence electrons. The zero-order valence-electron chi connectivity index (χ0n) is 19.4. The number of allylic oxidation sites excluding steroid dienone is 2. The lowest BCUT2D eigenvalue weighted by molar-refractivity contribution is -0.145. The van der Waals surface area contributed by atoms with E-state index in [4.69, 9.17) is 0 Å². The highest BCUT2D eigenvalue weighted by molar-refractivity contribution is 6.18. The van der Waals surface area contributed by atoms with Gasteiger partial charge in [-0.3, -0.25) is 9.59 Å². The number of rotatable bonds is 3. The van der Waals surface area contributed by atoms with Gasteiger partial charge in [-0.25, -0.2) is 0 Å². The van der Waals surface area contributed by atoms with Crippen LogP contribution in [0.1, 0.15) is 76.1 Å². The fraction of sp³-hybridized carbons (Fsp3) is 0.630. The molecule has 5 nitrogen and oxygen atoms in total. The van der Waals surface area contributed by atoms with Crippen LogP contribution in [-0.2, 0) is 4.79 Å². The third kappa shape index (κ3) is 3.00. The first-order valence-electron chi connectivity index (χ1n) is 12.1. The van der Waals surface area contributed by atoms with Crippen LogP contribution in [0.2, 0.25) is 0 Å². The Morgan fingerprint density at radius 3 is 2.53 bits per heavy atom. The lowest BCUT2D eigenvalue weighted by Gasteiger charge is -2.59. The molecule has 3 saturated carbocycles. The fourth-order valence-corrected chi connectivity index (χ4v) is 8.02. The highest BCUT2D eigenvalue weighted by atomic mass is 16.4. The van der Waals surface area contributed by atoms with Gasteiger partial charge in [0.2, 0.25) is 5.78 Å². The van der Waals surface area contributed by atoms with E-state index in [-0.39, 0.29) is 29.0 Å². The molecule has 7 atom stereocenters. The number of fused-ring (bicyclic) bond motifs is 4. The molecule has 3 fully saturated rings. The van der Waals surface area contributed by atoms with Crippen LogP contribution in [0.15, 0.2) is 36.0 Å². The van der Waals surface area contributed by atoms with Gasteiger partial charge in [-0.05, 0) is 92.1 Å². The van der Waals surface area contributed by atoms with Crippen LogP contribution < -0.4 is 5.32 Å². The van der Waals surface area contributed by atoms with Gasteiger partial charge >= 0.3 is 5.97 Å². The first kappa shape index (κ1) is 21.7. The first-order chi connectivity index (χ1) is 15.1. The number of para-hydroxylation sites is 1. The third-order valence-corrected chi connectivity index (χ3v) is 10.1. The van der Waals surface area contributed by atoms with Crippen LogP contribution in [0.5, 0.6) is 0 Å². The SMILES string of the molecule is C[C@]1(/C=C2\Nc3ccccc3C2=O)[C@H](CC(=O)O)CC[C@@H]2[C@@H]1CC[C@@]1(C)[C@H]2CC[C@]1(C)O. The number of carbonyl (C=O) groups excluding carboxylic acids is 1. The molecule has 0 aromatic heterocycles. The Bertz CT molecular complexity index is 997. The summed E-state index contributed by atoms with van der Waals surface area (Å²) in [6.07, 6.45) is 7.87. The molecule has 0 radical (unpaired) electrons. The maximum absolute atomic E-state index is 13.1. The highest BCUT2D eigenvalue weighted by Gasteiger charge is 2.62. The van der Waals surface area contributed by atoms with E-state index in [1.807, 2.05) is 31.2 Å². The summed E-state index contributed by atoms with van der Waals surface area (Å²) in [7, 11) is 0. The van der Waals surface area contributed by atoms with E-state index in [1.165, 1.54) is 0 Å². The molecule has 0 saturated heterocycles. The van der Waals surface area contributed by atoms with Crippen LogP contribution in [0.3, 0.4) is 0 Å². The summed E-state index contributed by atoms with van der Waals surface area (Å²) in [6, 6.07) is 7.56. The number of hydrogen-bond donors (Lipinski definition) is 3. The Balaban J connectivity index is 1.54. The van der Waals surface area contributed by atoms with Gasteiger partial charge in [-0.15, -0.1) is 0 Å². The standard InChI is InChI=1S/C27H35NO4/c1-25(15-22-24(31)18-6-4-5-7-21(18)28-22)16(14-23(29)30)8-9-17-19(25)10-12-26(2)20(17)11-13-27(26,3)32/h4-7,15-17,19-20,28,32H,8-14H2,1-3H3,(H,29,30)/b22-15-/t16-,17+,19-,20-,25-,26-,27-/m0/s1. The minimum absolute atomic E-state index is 0.00154. The van der Waals surface area contributed by atoms with E-state index in [2.05, 4.69) is 25.2 Å².